The van der Waals surface area contributed by atoms with E-state index in [0.29, 0.717) is 12.0 Å². The predicted octanol–water partition coefficient (Wildman–Crippen LogP) is 3.32. The molecule has 2 heterocycles. The van der Waals surface area contributed by atoms with Gasteiger partial charge in [0.25, 0.3) is 0 Å². The van der Waals surface area contributed by atoms with Gasteiger partial charge in [-0.15, -0.1) is 11.3 Å². The smallest absolute Gasteiger partial charge is 0.110 e. The lowest BCUT2D eigenvalue weighted by Crippen LogP contribution is -2.45. The van der Waals surface area contributed by atoms with Gasteiger partial charge in [-0.3, -0.25) is 4.90 Å². The molecular formula is C15H27N3S. The topological polar surface area (TPSA) is 28.2 Å². The Morgan fingerprint density at radius 1 is 1.32 bits per heavy atom. The maximum absolute atomic E-state index is 4.96. The highest BCUT2D eigenvalue weighted by atomic mass is 32.1. The number of aromatic nitrogens is 1. The van der Waals surface area contributed by atoms with Crippen molar-refractivity contribution in [3.63, 3.8) is 0 Å². The van der Waals surface area contributed by atoms with Gasteiger partial charge >= 0.3 is 0 Å². The van der Waals surface area contributed by atoms with Crippen LogP contribution in [-0.4, -0.2) is 36.1 Å². The number of piperazine rings is 1. The lowest BCUT2D eigenvalue weighted by molar-refractivity contribution is 0.164. The summed E-state index contributed by atoms with van der Waals surface area (Å²) in [5.74, 6) is 0.537. The van der Waals surface area contributed by atoms with E-state index in [9.17, 15) is 0 Å². The van der Waals surface area contributed by atoms with Crippen molar-refractivity contribution in [3.8, 4) is 0 Å². The van der Waals surface area contributed by atoms with Crippen molar-refractivity contribution < 1.29 is 0 Å². The zero-order valence-corrected chi connectivity index (χ0v) is 13.5. The molecule has 0 amide bonds. The molecule has 0 aromatic carbocycles. The molecule has 0 aliphatic carbocycles. The fourth-order valence-corrected chi connectivity index (χ4v) is 4.08. The Hall–Kier alpha value is -0.450. The van der Waals surface area contributed by atoms with Crippen LogP contribution in [0.1, 0.15) is 61.2 Å². The number of aryl methyl sites for hydroxylation is 1. The summed E-state index contributed by atoms with van der Waals surface area (Å²) in [6, 6.07) is 0.531. The summed E-state index contributed by atoms with van der Waals surface area (Å²) in [5, 5.41) is 4.78. The van der Waals surface area contributed by atoms with Crippen molar-refractivity contribution in [2.24, 2.45) is 0 Å². The van der Waals surface area contributed by atoms with Gasteiger partial charge in [0.05, 0.1) is 11.7 Å². The van der Waals surface area contributed by atoms with Crippen molar-refractivity contribution >= 4 is 11.3 Å². The van der Waals surface area contributed by atoms with E-state index >= 15 is 0 Å². The predicted molar refractivity (Wildman–Crippen MR) is 83.0 cm³/mol. The Kier molecular flexibility index (Phi) is 5.37. The molecule has 0 spiro atoms. The SMILES string of the molecule is CCCC(c1nc(C(C)C)c(C)s1)N1CCNCC1. The molecule has 2 rings (SSSR count). The molecule has 3 nitrogen and oxygen atoms in total. The molecule has 19 heavy (non-hydrogen) atoms. The van der Waals surface area contributed by atoms with Gasteiger partial charge in [-0.25, -0.2) is 4.98 Å². The zero-order chi connectivity index (χ0) is 13.8. The Bertz CT molecular complexity index is 394. The van der Waals surface area contributed by atoms with Crippen LogP contribution in [0.3, 0.4) is 0 Å². The standard InChI is InChI=1S/C15H27N3S/c1-5-6-13(18-9-7-16-8-10-18)15-17-14(11(2)3)12(4)19-15/h11,13,16H,5-10H2,1-4H3. The maximum Gasteiger partial charge on any atom is 0.110 e. The van der Waals surface area contributed by atoms with Gasteiger partial charge in [-0.1, -0.05) is 27.2 Å². The second-order valence-corrected chi connectivity index (χ2v) is 6.97. The van der Waals surface area contributed by atoms with Crippen molar-refractivity contribution in [1.82, 2.24) is 15.2 Å². The third kappa shape index (κ3) is 3.56. The minimum absolute atomic E-state index is 0.531. The molecule has 108 valence electrons. The quantitative estimate of drug-likeness (QED) is 0.897. The molecule has 1 N–H and O–H groups in total. The Balaban J connectivity index is 2.20. The molecule has 0 radical (unpaired) electrons. The molecule has 1 saturated heterocycles. The van der Waals surface area contributed by atoms with Crippen molar-refractivity contribution in [2.45, 2.75) is 52.5 Å². The maximum atomic E-state index is 4.96. The van der Waals surface area contributed by atoms with Crippen LogP contribution in [-0.2, 0) is 0 Å². The van der Waals surface area contributed by atoms with Gasteiger partial charge in [-0.2, -0.15) is 0 Å². The van der Waals surface area contributed by atoms with E-state index in [-0.39, 0.29) is 0 Å². The monoisotopic (exact) mass is 281 g/mol. The molecule has 1 atom stereocenters. The van der Waals surface area contributed by atoms with E-state index in [4.69, 9.17) is 4.98 Å². The van der Waals surface area contributed by atoms with Crippen LogP contribution in [0.4, 0.5) is 0 Å². The lowest BCUT2D eigenvalue weighted by Gasteiger charge is -2.33. The second-order valence-electron chi connectivity index (χ2n) is 5.74. The van der Waals surface area contributed by atoms with Gasteiger partial charge in [0.1, 0.15) is 5.01 Å². The van der Waals surface area contributed by atoms with E-state index in [2.05, 4.69) is 37.9 Å². The van der Waals surface area contributed by atoms with Crippen molar-refractivity contribution in [3.05, 3.63) is 15.6 Å². The molecule has 1 unspecified atom stereocenters. The first-order chi connectivity index (χ1) is 9.13. The Morgan fingerprint density at radius 2 is 2.00 bits per heavy atom. The van der Waals surface area contributed by atoms with Crippen LogP contribution in [0.2, 0.25) is 0 Å². The van der Waals surface area contributed by atoms with E-state index in [0.717, 1.165) is 26.2 Å². The first-order valence-electron chi connectivity index (χ1n) is 7.55. The van der Waals surface area contributed by atoms with E-state index in [1.165, 1.54) is 28.4 Å². The van der Waals surface area contributed by atoms with Crippen LogP contribution in [0.15, 0.2) is 0 Å². The summed E-state index contributed by atoms with van der Waals surface area (Å²) in [4.78, 5) is 8.98. The van der Waals surface area contributed by atoms with Crippen LogP contribution in [0.25, 0.3) is 0 Å². The molecule has 1 aromatic heterocycles. The van der Waals surface area contributed by atoms with Crippen LogP contribution >= 0.6 is 11.3 Å². The number of rotatable bonds is 5. The number of thiazole rings is 1. The highest BCUT2D eigenvalue weighted by Gasteiger charge is 2.25. The fourth-order valence-electron chi connectivity index (χ4n) is 2.84. The fraction of sp³-hybridized carbons (Fsp3) is 0.800. The number of hydrogen-bond acceptors (Lipinski definition) is 4. The first-order valence-corrected chi connectivity index (χ1v) is 8.37. The molecular weight excluding hydrogens is 254 g/mol. The Labute approximate surface area is 121 Å². The van der Waals surface area contributed by atoms with E-state index in [1.54, 1.807) is 0 Å². The van der Waals surface area contributed by atoms with Crippen molar-refractivity contribution in [2.75, 3.05) is 26.2 Å². The highest BCUT2D eigenvalue weighted by Crippen LogP contribution is 2.33. The third-order valence-corrected chi connectivity index (χ3v) is 4.92. The summed E-state index contributed by atoms with van der Waals surface area (Å²) in [5.41, 5.74) is 1.30. The first kappa shape index (κ1) is 14.9. The summed E-state index contributed by atoms with van der Waals surface area (Å²) < 4.78 is 0. The summed E-state index contributed by atoms with van der Waals surface area (Å²) in [7, 11) is 0. The molecule has 4 heteroatoms. The summed E-state index contributed by atoms with van der Waals surface area (Å²) in [6.45, 7) is 13.5. The number of hydrogen-bond donors (Lipinski definition) is 1. The normalized spacial score (nSPS) is 19.0. The highest BCUT2D eigenvalue weighted by molar-refractivity contribution is 7.11. The lowest BCUT2D eigenvalue weighted by atomic mass is 10.1. The molecule has 0 saturated carbocycles. The number of nitrogens with one attached hydrogen (secondary N) is 1. The zero-order valence-electron chi connectivity index (χ0n) is 12.7. The Morgan fingerprint density at radius 3 is 2.53 bits per heavy atom. The minimum Gasteiger partial charge on any atom is -0.314 e. The van der Waals surface area contributed by atoms with E-state index in [1.807, 2.05) is 11.3 Å². The van der Waals surface area contributed by atoms with Gasteiger partial charge in [0, 0.05) is 31.1 Å². The molecule has 1 aromatic rings. The average molecular weight is 281 g/mol. The van der Waals surface area contributed by atoms with Crippen LogP contribution in [0.5, 0.6) is 0 Å². The molecule has 1 fully saturated rings. The minimum atomic E-state index is 0.531. The van der Waals surface area contributed by atoms with Gasteiger partial charge < -0.3 is 5.32 Å². The number of nitrogens with zero attached hydrogens (tertiary/aromatic N) is 2. The van der Waals surface area contributed by atoms with E-state index < -0.39 is 0 Å². The van der Waals surface area contributed by atoms with Gasteiger partial charge in [0.15, 0.2) is 0 Å². The van der Waals surface area contributed by atoms with Crippen molar-refractivity contribution in [1.29, 1.82) is 0 Å². The van der Waals surface area contributed by atoms with Gasteiger partial charge in [0.2, 0.25) is 0 Å². The second kappa shape index (κ2) is 6.82. The average Bonchev–Trinajstić information content (AvgIpc) is 2.79. The van der Waals surface area contributed by atoms with Gasteiger partial charge in [-0.05, 0) is 19.3 Å². The molecule has 0 bridgehead atoms. The summed E-state index contributed by atoms with van der Waals surface area (Å²) >= 11 is 1.91. The molecule has 1 aliphatic rings. The van der Waals surface area contributed by atoms with Crippen LogP contribution < -0.4 is 5.32 Å². The molecule has 1 aliphatic heterocycles. The third-order valence-electron chi connectivity index (χ3n) is 3.84. The summed E-state index contributed by atoms with van der Waals surface area (Å²) in [6.07, 6.45) is 2.45. The van der Waals surface area contributed by atoms with Crippen LogP contribution in [0, 0.1) is 6.92 Å². The largest absolute Gasteiger partial charge is 0.314 e.